The molecule has 0 aromatic heterocycles. The molecule has 6 nitrogen and oxygen atoms in total. The molecular formula is C15H21ClN3O3+. The monoisotopic (exact) mass is 326 g/mol. The fourth-order valence-electron chi connectivity index (χ4n) is 2.74. The van der Waals surface area contributed by atoms with Crippen molar-refractivity contribution in [3.8, 4) is 0 Å². The van der Waals surface area contributed by atoms with Gasteiger partial charge in [0.25, 0.3) is 11.6 Å². The van der Waals surface area contributed by atoms with E-state index in [2.05, 4.69) is 5.32 Å². The number of non-ortho nitro benzene ring substituents is 1. The number of piperidine rings is 1. The van der Waals surface area contributed by atoms with Gasteiger partial charge in [-0.25, -0.2) is 0 Å². The number of hydrogen-bond donors (Lipinski definition) is 2. The number of nitro benzene ring substituents is 1. The highest BCUT2D eigenvalue weighted by Gasteiger charge is 2.15. The third-order valence-corrected chi connectivity index (χ3v) is 4.27. The van der Waals surface area contributed by atoms with Gasteiger partial charge in [-0.2, -0.15) is 0 Å². The second-order valence-electron chi connectivity index (χ2n) is 5.59. The van der Waals surface area contributed by atoms with E-state index in [-0.39, 0.29) is 22.2 Å². The van der Waals surface area contributed by atoms with Gasteiger partial charge in [0, 0.05) is 25.1 Å². The van der Waals surface area contributed by atoms with Crippen molar-refractivity contribution in [1.82, 2.24) is 5.32 Å². The topological polar surface area (TPSA) is 76.7 Å². The maximum atomic E-state index is 12.0. The molecule has 1 amide bonds. The lowest BCUT2D eigenvalue weighted by molar-refractivity contribution is -0.904. The minimum atomic E-state index is -0.533. The van der Waals surface area contributed by atoms with Crippen LogP contribution in [0, 0.1) is 10.1 Å². The second kappa shape index (κ2) is 8.10. The van der Waals surface area contributed by atoms with E-state index in [1.807, 2.05) is 0 Å². The summed E-state index contributed by atoms with van der Waals surface area (Å²) in [6.45, 7) is 4.11. The molecule has 1 saturated heterocycles. The summed E-state index contributed by atoms with van der Waals surface area (Å²) in [4.78, 5) is 23.7. The summed E-state index contributed by atoms with van der Waals surface area (Å²) in [7, 11) is 0. The molecule has 0 atom stereocenters. The Hall–Kier alpha value is -1.66. The highest BCUT2D eigenvalue weighted by atomic mass is 35.5. The average Bonchev–Trinajstić information content (AvgIpc) is 2.52. The molecule has 0 unspecified atom stereocenters. The summed E-state index contributed by atoms with van der Waals surface area (Å²) in [6, 6.07) is 3.89. The van der Waals surface area contributed by atoms with Crippen LogP contribution < -0.4 is 10.2 Å². The normalized spacial score (nSPS) is 15.5. The van der Waals surface area contributed by atoms with Gasteiger partial charge in [-0.1, -0.05) is 11.6 Å². The zero-order chi connectivity index (χ0) is 15.9. The van der Waals surface area contributed by atoms with Crippen LogP contribution in [-0.4, -0.2) is 37.0 Å². The van der Waals surface area contributed by atoms with E-state index in [9.17, 15) is 14.9 Å². The van der Waals surface area contributed by atoms with Crippen LogP contribution in [0.2, 0.25) is 5.02 Å². The van der Waals surface area contributed by atoms with E-state index in [1.165, 1.54) is 50.6 Å². The molecule has 2 N–H and O–H groups in total. The number of hydrogen-bond acceptors (Lipinski definition) is 3. The van der Waals surface area contributed by atoms with Crippen molar-refractivity contribution < 1.29 is 14.6 Å². The highest BCUT2D eigenvalue weighted by molar-refractivity contribution is 6.34. The number of carbonyl (C=O) groups excluding carboxylic acids is 1. The third kappa shape index (κ3) is 4.68. The zero-order valence-electron chi connectivity index (χ0n) is 12.4. The predicted molar refractivity (Wildman–Crippen MR) is 84.5 cm³/mol. The van der Waals surface area contributed by atoms with Gasteiger partial charge in [0.2, 0.25) is 0 Å². The lowest BCUT2D eigenvalue weighted by atomic mass is 10.1. The Balaban J connectivity index is 1.78. The summed E-state index contributed by atoms with van der Waals surface area (Å²) in [5.74, 6) is -0.284. The first kappa shape index (κ1) is 16.7. The number of halogens is 1. The van der Waals surface area contributed by atoms with Crippen molar-refractivity contribution in [2.75, 3.05) is 26.2 Å². The Bertz CT molecular complexity index is 545. The van der Waals surface area contributed by atoms with Crippen LogP contribution >= 0.6 is 11.6 Å². The molecule has 2 rings (SSSR count). The minimum Gasteiger partial charge on any atom is -0.352 e. The Morgan fingerprint density at radius 1 is 1.32 bits per heavy atom. The van der Waals surface area contributed by atoms with Crippen molar-refractivity contribution in [3.05, 3.63) is 38.9 Å². The van der Waals surface area contributed by atoms with Gasteiger partial charge in [-0.05, 0) is 25.3 Å². The van der Waals surface area contributed by atoms with E-state index < -0.39 is 4.92 Å². The summed E-state index contributed by atoms with van der Waals surface area (Å²) < 4.78 is 0. The number of likely N-dealkylation sites (tertiary alicyclic amines) is 1. The largest absolute Gasteiger partial charge is 0.352 e. The first-order chi connectivity index (χ1) is 10.6. The van der Waals surface area contributed by atoms with Crippen molar-refractivity contribution in [2.45, 2.75) is 25.7 Å². The Morgan fingerprint density at radius 3 is 2.68 bits per heavy atom. The van der Waals surface area contributed by atoms with Crippen molar-refractivity contribution in [1.29, 1.82) is 0 Å². The lowest BCUT2D eigenvalue weighted by Crippen LogP contribution is -3.12. The number of amides is 1. The van der Waals surface area contributed by atoms with Gasteiger partial charge < -0.3 is 10.2 Å². The molecule has 1 aliphatic heterocycles. The Labute approximate surface area is 134 Å². The van der Waals surface area contributed by atoms with Crippen LogP contribution in [0.5, 0.6) is 0 Å². The molecule has 0 radical (unpaired) electrons. The fourth-order valence-corrected chi connectivity index (χ4v) is 3.00. The number of nitrogens with zero attached hydrogens (tertiary/aromatic N) is 1. The molecule has 1 aromatic rings. The fraction of sp³-hybridized carbons (Fsp3) is 0.533. The minimum absolute atomic E-state index is 0.105. The summed E-state index contributed by atoms with van der Waals surface area (Å²) in [5, 5.41) is 13.6. The molecule has 7 heteroatoms. The molecule has 0 spiro atoms. The number of nitrogens with one attached hydrogen (secondary N) is 2. The summed E-state index contributed by atoms with van der Waals surface area (Å²) >= 11 is 5.93. The van der Waals surface area contributed by atoms with Gasteiger partial charge in [0.05, 0.1) is 35.1 Å². The smallest absolute Gasteiger partial charge is 0.270 e. The van der Waals surface area contributed by atoms with Crippen LogP contribution in [0.25, 0.3) is 0 Å². The van der Waals surface area contributed by atoms with Crippen molar-refractivity contribution in [2.24, 2.45) is 0 Å². The molecule has 1 fully saturated rings. The van der Waals surface area contributed by atoms with Gasteiger partial charge >= 0.3 is 0 Å². The maximum Gasteiger partial charge on any atom is 0.270 e. The number of nitro groups is 1. The number of rotatable bonds is 6. The Morgan fingerprint density at radius 2 is 2.05 bits per heavy atom. The number of quaternary nitrogens is 1. The van der Waals surface area contributed by atoms with Gasteiger partial charge in [-0.15, -0.1) is 0 Å². The quantitative estimate of drug-likeness (QED) is 0.472. The molecule has 1 aromatic carbocycles. The molecule has 0 saturated carbocycles. The standard InChI is InChI=1S/C15H20ClN3O3/c16-14-11-12(19(21)22)5-6-13(14)15(20)17-7-4-10-18-8-2-1-3-9-18/h5-6,11H,1-4,7-10H2,(H,17,20)/p+1. The molecular weight excluding hydrogens is 306 g/mol. The first-order valence-electron chi connectivity index (χ1n) is 7.63. The first-order valence-corrected chi connectivity index (χ1v) is 8.01. The van der Waals surface area contributed by atoms with Gasteiger partial charge in [-0.3, -0.25) is 14.9 Å². The molecule has 120 valence electrons. The molecule has 0 bridgehead atoms. The number of carbonyl (C=O) groups is 1. The van der Waals surface area contributed by atoms with E-state index in [0.717, 1.165) is 13.0 Å². The van der Waals surface area contributed by atoms with Crippen LogP contribution in [0.15, 0.2) is 18.2 Å². The SMILES string of the molecule is O=C(NCCC[NH+]1CCCCC1)c1ccc([N+](=O)[O-])cc1Cl. The zero-order valence-corrected chi connectivity index (χ0v) is 13.2. The Kier molecular flexibility index (Phi) is 6.15. The van der Waals surface area contributed by atoms with Crippen LogP contribution in [-0.2, 0) is 0 Å². The van der Waals surface area contributed by atoms with E-state index in [4.69, 9.17) is 11.6 Å². The van der Waals surface area contributed by atoms with E-state index in [0.29, 0.717) is 6.54 Å². The van der Waals surface area contributed by atoms with Crippen molar-refractivity contribution in [3.63, 3.8) is 0 Å². The van der Waals surface area contributed by atoms with Crippen LogP contribution in [0.1, 0.15) is 36.0 Å². The number of benzene rings is 1. The van der Waals surface area contributed by atoms with E-state index >= 15 is 0 Å². The summed E-state index contributed by atoms with van der Waals surface area (Å²) in [5.41, 5.74) is 0.160. The van der Waals surface area contributed by atoms with Gasteiger partial charge in [0.15, 0.2) is 0 Å². The maximum absolute atomic E-state index is 12.0. The predicted octanol–water partition coefficient (Wildman–Crippen LogP) is 1.44. The van der Waals surface area contributed by atoms with Crippen LogP contribution in [0.3, 0.4) is 0 Å². The molecule has 0 aliphatic carbocycles. The molecule has 22 heavy (non-hydrogen) atoms. The van der Waals surface area contributed by atoms with E-state index in [1.54, 1.807) is 4.90 Å². The van der Waals surface area contributed by atoms with Crippen molar-refractivity contribution >= 4 is 23.2 Å². The average molecular weight is 327 g/mol. The highest BCUT2D eigenvalue weighted by Crippen LogP contribution is 2.22. The van der Waals surface area contributed by atoms with Gasteiger partial charge in [0.1, 0.15) is 0 Å². The van der Waals surface area contributed by atoms with Crippen LogP contribution in [0.4, 0.5) is 5.69 Å². The second-order valence-corrected chi connectivity index (χ2v) is 6.00. The summed E-state index contributed by atoms with van der Waals surface area (Å²) in [6.07, 6.45) is 4.84. The lowest BCUT2D eigenvalue weighted by Gasteiger charge is -2.23. The molecule has 1 heterocycles. The molecule has 1 aliphatic rings. The third-order valence-electron chi connectivity index (χ3n) is 3.96.